The van der Waals surface area contributed by atoms with Crippen molar-refractivity contribution in [1.29, 1.82) is 0 Å². The Morgan fingerprint density at radius 2 is 1.70 bits per heavy atom. The Morgan fingerprint density at radius 1 is 0.970 bits per heavy atom. The molecule has 7 aliphatic rings. The van der Waals surface area contributed by atoms with Crippen LogP contribution < -0.4 is 10.1 Å². The predicted octanol–water partition coefficient (Wildman–Crippen LogP) is 3.22. The molecule has 10 atom stereocenters. The fourth-order valence-corrected chi connectivity index (χ4v) is 9.97. The number of rotatable bonds is 3. The van der Waals surface area contributed by atoms with Crippen LogP contribution in [0.3, 0.4) is 0 Å². The van der Waals surface area contributed by atoms with E-state index in [2.05, 4.69) is 10.2 Å². The Balaban J connectivity index is 0.951. The molecule has 6 nitrogen and oxygen atoms in total. The van der Waals surface area contributed by atoms with Crippen LogP contribution in [0.4, 0.5) is 5.69 Å². The van der Waals surface area contributed by atoms with E-state index >= 15 is 0 Å². The Morgan fingerprint density at radius 3 is 2.48 bits per heavy atom. The number of nitrogens with zero attached hydrogens (tertiary/aromatic N) is 1. The molecule has 0 aromatic heterocycles. The molecule has 0 radical (unpaired) electrons. The van der Waals surface area contributed by atoms with Gasteiger partial charge in [0, 0.05) is 30.5 Å². The van der Waals surface area contributed by atoms with Gasteiger partial charge in [0.15, 0.2) is 11.9 Å². The topological polar surface area (TPSA) is 75.7 Å². The van der Waals surface area contributed by atoms with Gasteiger partial charge in [-0.15, -0.1) is 0 Å². The van der Waals surface area contributed by atoms with Crippen molar-refractivity contribution in [2.75, 3.05) is 18.4 Å². The zero-order chi connectivity index (χ0) is 22.2. The van der Waals surface area contributed by atoms with Crippen molar-refractivity contribution in [3.63, 3.8) is 0 Å². The third-order valence-electron chi connectivity index (χ3n) is 11.0. The van der Waals surface area contributed by atoms with E-state index in [1.165, 1.54) is 12.8 Å². The summed E-state index contributed by atoms with van der Waals surface area (Å²) in [6.45, 7) is 3.11. The third kappa shape index (κ3) is 2.23. The summed E-state index contributed by atoms with van der Waals surface area (Å²) in [6.07, 6.45) is 3.78. The van der Waals surface area contributed by atoms with Gasteiger partial charge in [-0.2, -0.15) is 0 Å². The lowest BCUT2D eigenvalue weighted by Gasteiger charge is -2.48. The molecule has 8 rings (SSSR count). The second kappa shape index (κ2) is 6.19. The van der Waals surface area contributed by atoms with Crippen LogP contribution in [0, 0.1) is 59.2 Å². The molecule has 6 heteroatoms. The highest BCUT2D eigenvalue weighted by atomic mass is 16.5. The standard InChI is InChI=1S/C27H30N2O4/c1-11-26(31)28-18-8-13(2-3-19(18)33-11)25(30)12-4-6-29(7-5-12)27(32)24-21-15-10-16-20-14(15)9-17(21)22(20)23(16)24/h2-3,8,11-12,14-17,20-24H,4-7,9-10H2,1H3,(H,28,31). The predicted molar refractivity (Wildman–Crippen MR) is 119 cm³/mol. The SMILES string of the molecule is CC1Oc2ccc(C(=O)C3CCN(C(=O)C4C5C6CC7C8C6CC5C8C74)CC3)cc2NC1=O. The van der Waals surface area contributed by atoms with Crippen LogP contribution in [0.1, 0.15) is 43.0 Å². The molecule has 2 amide bonds. The maximum Gasteiger partial charge on any atom is 0.265 e. The monoisotopic (exact) mass is 446 g/mol. The third-order valence-corrected chi connectivity index (χ3v) is 11.0. The second-order valence-corrected chi connectivity index (χ2v) is 11.9. The average molecular weight is 447 g/mol. The van der Waals surface area contributed by atoms with Crippen LogP contribution in [-0.2, 0) is 9.59 Å². The van der Waals surface area contributed by atoms with Crippen molar-refractivity contribution in [2.45, 2.75) is 38.7 Å². The van der Waals surface area contributed by atoms with E-state index in [9.17, 15) is 14.4 Å². The Kier molecular flexibility index (Phi) is 3.56. The molecule has 6 fully saturated rings. The maximum atomic E-state index is 13.7. The zero-order valence-corrected chi connectivity index (χ0v) is 18.9. The number of anilines is 1. The van der Waals surface area contributed by atoms with Gasteiger partial charge in [-0.25, -0.2) is 0 Å². The van der Waals surface area contributed by atoms with Gasteiger partial charge in [0.05, 0.1) is 5.69 Å². The number of fused-ring (bicyclic) bond motifs is 3. The summed E-state index contributed by atoms with van der Waals surface area (Å²) in [5.74, 6) is 7.95. The molecule has 1 N–H and O–H groups in total. The highest BCUT2D eigenvalue weighted by Gasteiger charge is 2.81. The summed E-state index contributed by atoms with van der Waals surface area (Å²) >= 11 is 0. The Labute approximate surface area is 193 Å². The quantitative estimate of drug-likeness (QED) is 0.724. The number of carbonyl (C=O) groups excluding carboxylic acids is 3. The number of Topliss-reactive ketones (excluding diaryl/α,β-unsaturated/α-hetero) is 1. The highest BCUT2D eigenvalue weighted by molar-refractivity contribution is 6.02. The van der Waals surface area contributed by atoms with Gasteiger partial charge in [0.1, 0.15) is 5.75 Å². The molecular weight excluding hydrogens is 416 g/mol. The first-order valence-electron chi connectivity index (χ1n) is 13.0. The zero-order valence-electron chi connectivity index (χ0n) is 18.9. The first-order valence-corrected chi connectivity index (χ1v) is 13.0. The van der Waals surface area contributed by atoms with Crippen LogP contribution in [0.25, 0.3) is 0 Å². The molecule has 2 aliphatic heterocycles. The largest absolute Gasteiger partial charge is 0.479 e. The average Bonchev–Trinajstić information content (AvgIpc) is 3.39. The molecule has 5 saturated carbocycles. The van der Waals surface area contributed by atoms with E-state index in [1.807, 2.05) is 0 Å². The van der Waals surface area contributed by atoms with Crippen LogP contribution in [0.15, 0.2) is 18.2 Å². The van der Waals surface area contributed by atoms with Crippen LogP contribution in [0.2, 0.25) is 0 Å². The van der Waals surface area contributed by atoms with Crippen LogP contribution in [-0.4, -0.2) is 41.7 Å². The summed E-state index contributed by atoms with van der Waals surface area (Å²) in [5, 5.41) is 2.83. The van der Waals surface area contributed by atoms with E-state index in [4.69, 9.17) is 4.74 Å². The van der Waals surface area contributed by atoms with Gasteiger partial charge in [0.2, 0.25) is 5.91 Å². The summed E-state index contributed by atoms with van der Waals surface area (Å²) in [6, 6.07) is 5.31. The minimum Gasteiger partial charge on any atom is -0.479 e. The number of piperidine rings is 1. The summed E-state index contributed by atoms with van der Waals surface area (Å²) in [4.78, 5) is 40.9. The number of amides is 2. The van der Waals surface area contributed by atoms with E-state index < -0.39 is 6.10 Å². The minimum absolute atomic E-state index is 0.0664. The normalized spacial score (nSPS) is 45.6. The van der Waals surface area contributed by atoms with Crippen molar-refractivity contribution in [3.05, 3.63) is 23.8 Å². The van der Waals surface area contributed by atoms with Gasteiger partial charge in [-0.1, -0.05) is 0 Å². The number of ether oxygens (including phenoxy) is 1. The number of benzene rings is 1. The van der Waals surface area contributed by atoms with Crippen molar-refractivity contribution in [2.24, 2.45) is 59.2 Å². The fraction of sp³-hybridized carbons (Fsp3) is 0.667. The molecule has 10 unspecified atom stereocenters. The summed E-state index contributed by atoms with van der Waals surface area (Å²) in [7, 11) is 0. The van der Waals surface area contributed by atoms with Gasteiger partial charge in [0.25, 0.3) is 5.91 Å². The Bertz CT molecular complexity index is 1100. The molecule has 172 valence electrons. The molecule has 0 spiro atoms. The van der Waals surface area contributed by atoms with E-state index in [0.717, 1.165) is 48.3 Å². The van der Waals surface area contributed by atoms with Crippen molar-refractivity contribution in [3.8, 4) is 5.75 Å². The maximum absolute atomic E-state index is 13.7. The lowest BCUT2D eigenvalue weighted by molar-refractivity contribution is -0.145. The highest BCUT2D eigenvalue weighted by Crippen LogP contribution is 2.84. The van der Waals surface area contributed by atoms with E-state index in [0.29, 0.717) is 53.8 Å². The van der Waals surface area contributed by atoms with Gasteiger partial charge < -0.3 is 15.0 Å². The number of ketones is 1. The fourth-order valence-electron chi connectivity index (χ4n) is 9.97. The lowest BCUT2D eigenvalue weighted by Crippen LogP contribution is -2.51. The number of nitrogens with one attached hydrogen (secondary N) is 1. The Hall–Kier alpha value is -2.37. The molecule has 1 aromatic rings. The van der Waals surface area contributed by atoms with Crippen molar-refractivity contribution in [1.82, 2.24) is 4.90 Å². The van der Waals surface area contributed by atoms with E-state index in [-0.39, 0.29) is 17.6 Å². The number of likely N-dealkylation sites (tertiary alicyclic amines) is 1. The first kappa shape index (κ1) is 19.0. The molecule has 33 heavy (non-hydrogen) atoms. The molecule has 2 heterocycles. The van der Waals surface area contributed by atoms with Gasteiger partial charge in [-0.05, 0) is 98.1 Å². The lowest BCUT2D eigenvalue weighted by atomic mass is 9.57. The molecule has 2 bridgehead atoms. The van der Waals surface area contributed by atoms with E-state index in [1.54, 1.807) is 25.1 Å². The second-order valence-electron chi connectivity index (χ2n) is 11.9. The molecule has 1 aromatic carbocycles. The minimum atomic E-state index is -0.525. The van der Waals surface area contributed by atoms with Crippen LogP contribution >= 0.6 is 0 Å². The summed E-state index contributed by atoms with van der Waals surface area (Å²) < 4.78 is 5.61. The van der Waals surface area contributed by atoms with Crippen LogP contribution in [0.5, 0.6) is 5.75 Å². The number of carbonyl (C=O) groups is 3. The molecule has 5 aliphatic carbocycles. The smallest absolute Gasteiger partial charge is 0.265 e. The number of hydrogen-bond donors (Lipinski definition) is 1. The van der Waals surface area contributed by atoms with Crippen molar-refractivity contribution < 1.29 is 19.1 Å². The molecular formula is C27H30N2O4. The number of hydrogen-bond acceptors (Lipinski definition) is 4. The molecule has 1 saturated heterocycles. The summed E-state index contributed by atoms with van der Waals surface area (Å²) in [5.41, 5.74) is 1.18. The van der Waals surface area contributed by atoms with Gasteiger partial charge in [-0.3, -0.25) is 14.4 Å². The van der Waals surface area contributed by atoms with Crippen molar-refractivity contribution >= 4 is 23.3 Å². The first-order chi connectivity index (χ1) is 16.0. The van der Waals surface area contributed by atoms with Gasteiger partial charge >= 0.3 is 0 Å².